The number of aryl methyl sites for hydroxylation is 2. The summed E-state index contributed by atoms with van der Waals surface area (Å²) >= 11 is 0. The molecule has 2 aromatic rings. The van der Waals surface area contributed by atoms with Gasteiger partial charge in [0.05, 0.1) is 11.4 Å². The van der Waals surface area contributed by atoms with Crippen LogP contribution < -0.4 is 10.1 Å². The summed E-state index contributed by atoms with van der Waals surface area (Å²) in [6, 6.07) is 3.83. The van der Waals surface area contributed by atoms with Crippen molar-refractivity contribution in [1.82, 2.24) is 20.1 Å². The first-order valence-corrected chi connectivity index (χ1v) is 7.14. The average Bonchev–Trinajstić information content (AvgIpc) is 2.63. The monoisotopic (exact) mass is 288 g/mol. The summed E-state index contributed by atoms with van der Waals surface area (Å²) in [7, 11) is 1.92. The molecule has 1 N–H and O–H groups in total. The number of nitrogens with zero attached hydrogens (tertiary/aromatic N) is 3. The van der Waals surface area contributed by atoms with Crippen molar-refractivity contribution in [2.45, 2.75) is 46.7 Å². The van der Waals surface area contributed by atoms with Gasteiger partial charge in [0, 0.05) is 31.4 Å². The first-order valence-electron chi connectivity index (χ1n) is 7.14. The van der Waals surface area contributed by atoms with Gasteiger partial charge in [0.15, 0.2) is 5.75 Å². The van der Waals surface area contributed by atoms with E-state index in [1.165, 1.54) is 0 Å². The number of rotatable bonds is 4. The molecule has 0 saturated carbocycles. The molecule has 0 aliphatic rings. The van der Waals surface area contributed by atoms with Gasteiger partial charge in [0.2, 0.25) is 0 Å². The second-order valence-corrected chi connectivity index (χ2v) is 6.31. The highest BCUT2D eigenvalue weighted by Crippen LogP contribution is 2.27. The topological polar surface area (TPSA) is 52.0 Å². The zero-order valence-electron chi connectivity index (χ0n) is 13.7. The minimum absolute atomic E-state index is 0.0646. The van der Waals surface area contributed by atoms with Crippen molar-refractivity contribution in [3.8, 4) is 11.5 Å². The Kier molecular flexibility index (Phi) is 4.32. The van der Waals surface area contributed by atoms with Gasteiger partial charge in [-0.1, -0.05) is 0 Å². The van der Waals surface area contributed by atoms with Gasteiger partial charge in [-0.15, -0.1) is 0 Å². The molecule has 5 heteroatoms. The zero-order chi connectivity index (χ0) is 15.6. The summed E-state index contributed by atoms with van der Waals surface area (Å²) in [4.78, 5) is 4.37. The number of hydrogen-bond acceptors (Lipinski definition) is 4. The normalized spacial score (nSPS) is 11.7. The molecular weight excluding hydrogens is 264 g/mol. The Balaban J connectivity index is 2.14. The van der Waals surface area contributed by atoms with E-state index in [2.05, 4.69) is 36.2 Å². The fourth-order valence-corrected chi connectivity index (χ4v) is 1.99. The van der Waals surface area contributed by atoms with Crippen molar-refractivity contribution in [1.29, 1.82) is 0 Å². The predicted molar refractivity (Wildman–Crippen MR) is 83.6 cm³/mol. The third-order valence-electron chi connectivity index (χ3n) is 3.25. The molecule has 0 spiro atoms. The van der Waals surface area contributed by atoms with E-state index < -0.39 is 0 Å². The van der Waals surface area contributed by atoms with Crippen LogP contribution in [0.25, 0.3) is 0 Å². The van der Waals surface area contributed by atoms with Crippen LogP contribution in [0.5, 0.6) is 11.5 Å². The fourth-order valence-electron chi connectivity index (χ4n) is 1.99. The average molecular weight is 288 g/mol. The van der Waals surface area contributed by atoms with E-state index in [1.807, 2.05) is 37.7 Å². The Labute approximate surface area is 126 Å². The first kappa shape index (κ1) is 15.5. The maximum Gasteiger partial charge on any atom is 0.171 e. The van der Waals surface area contributed by atoms with E-state index in [0.717, 1.165) is 28.6 Å². The minimum Gasteiger partial charge on any atom is -0.453 e. The third kappa shape index (κ3) is 4.04. The molecule has 0 aliphatic carbocycles. The van der Waals surface area contributed by atoms with Crippen molar-refractivity contribution in [3.05, 3.63) is 35.4 Å². The highest BCUT2D eigenvalue weighted by Gasteiger charge is 2.13. The molecular formula is C16H24N4O. The second kappa shape index (κ2) is 5.85. The molecule has 2 aromatic heterocycles. The van der Waals surface area contributed by atoms with Crippen molar-refractivity contribution >= 4 is 0 Å². The summed E-state index contributed by atoms with van der Waals surface area (Å²) in [5.74, 6) is 1.60. The summed E-state index contributed by atoms with van der Waals surface area (Å²) in [5.41, 5.74) is 2.93. The Bertz CT molecular complexity index is 626. The van der Waals surface area contributed by atoms with Gasteiger partial charge >= 0.3 is 0 Å². The Hall–Kier alpha value is -1.88. The number of hydrogen-bond donors (Lipinski definition) is 1. The Morgan fingerprint density at radius 1 is 1.29 bits per heavy atom. The van der Waals surface area contributed by atoms with Crippen molar-refractivity contribution < 1.29 is 4.74 Å². The van der Waals surface area contributed by atoms with Crippen LogP contribution in [-0.2, 0) is 13.6 Å². The van der Waals surface area contributed by atoms with Gasteiger partial charge in [-0.3, -0.25) is 9.67 Å². The van der Waals surface area contributed by atoms with Crippen LogP contribution in [0.4, 0.5) is 0 Å². The molecule has 0 atom stereocenters. The lowest BCUT2D eigenvalue weighted by Crippen LogP contribution is -2.35. The molecule has 0 radical (unpaired) electrons. The molecule has 2 heterocycles. The first-order chi connectivity index (χ1) is 9.76. The largest absolute Gasteiger partial charge is 0.453 e. The van der Waals surface area contributed by atoms with Crippen LogP contribution in [-0.4, -0.2) is 20.3 Å². The highest BCUT2D eigenvalue weighted by molar-refractivity contribution is 5.37. The molecule has 0 fully saturated rings. The van der Waals surface area contributed by atoms with E-state index >= 15 is 0 Å². The molecule has 2 rings (SSSR count). The van der Waals surface area contributed by atoms with Crippen LogP contribution in [0.3, 0.4) is 0 Å². The van der Waals surface area contributed by atoms with E-state index in [9.17, 15) is 0 Å². The zero-order valence-corrected chi connectivity index (χ0v) is 13.7. The molecule has 5 nitrogen and oxygen atoms in total. The van der Waals surface area contributed by atoms with Crippen LogP contribution in [0.1, 0.15) is 37.9 Å². The van der Waals surface area contributed by atoms with Gasteiger partial charge < -0.3 is 10.1 Å². The van der Waals surface area contributed by atoms with Gasteiger partial charge in [0.1, 0.15) is 11.4 Å². The molecule has 0 amide bonds. The van der Waals surface area contributed by atoms with Gasteiger partial charge in [-0.25, -0.2) is 0 Å². The molecule has 0 aliphatic heterocycles. The van der Waals surface area contributed by atoms with Gasteiger partial charge in [0.25, 0.3) is 0 Å². The highest BCUT2D eigenvalue weighted by atomic mass is 16.5. The van der Waals surface area contributed by atoms with Crippen LogP contribution in [0.2, 0.25) is 0 Å². The fraction of sp³-hybridized carbons (Fsp3) is 0.500. The Morgan fingerprint density at radius 2 is 2.00 bits per heavy atom. The smallest absolute Gasteiger partial charge is 0.171 e. The van der Waals surface area contributed by atoms with E-state index in [4.69, 9.17) is 4.74 Å². The number of pyridine rings is 1. The third-order valence-corrected chi connectivity index (χ3v) is 3.25. The van der Waals surface area contributed by atoms with E-state index in [0.29, 0.717) is 6.54 Å². The maximum atomic E-state index is 5.98. The standard InChI is InChI=1S/C16H24N4O/c1-11-15(12(2)20(6)19-11)21-14-7-8-17-13(9-14)10-18-16(3,4)5/h7-9,18H,10H2,1-6H3. The molecule has 0 aromatic carbocycles. The molecule has 21 heavy (non-hydrogen) atoms. The van der Waals surface area contributed by atoms with Gasteiger partial charge in [-0.2, -0.15) is 5.10 Å². The molecule has 0 unspecified atom stereocenters. The quantitative estimate of drug-likeness (QED) is 0.939. The van der Waals surface area contributed by atoms with E-state index in [-0.39, 0.29) is 5.54 Å². The number of ether oxygens (including phenoxy) is 1. The molecule has 0 bridgehead atoms. The predicted octanol–water partition coefficient (Wildman–Crippen LogP) is 3.11. The summed E-state index contributed by atoms with van der Waals surface area (Å²) in [6.07, 6.45) is 1.77. The van der Waals surface area contributed by atoms with Crippen molar-refractivity contribution in [2.75, 3.05) is 0 Å². The second-order valence-electron chi connectivity index (χ2n) is 6.31. The number of aromatic nitrogens is 3. The molecule has 114 valence electrons. The summed E-state index contributed by atoms with van der Waals surface area (Å²) < 4.78 is 7.81. The number of nitrogens with one attached hydrogen (secondary N) is 1. The van der Waals surface area contributed by atoms with Crippen LogP contribution in [0.15, 0.2) is 18.3 Å². The van der Waals surface area contributed by atoms with Crippen LogP contribution >= 0.6 is 0 Å². The lowest BCUT2D eigenvalue weighted by atomic mass is 10.1. The SMILES string of the molecule is Cc1nn(C)c(C)c1Oc1ccnc(CNC(C)(C)C)c1. The molecule has 0 saturated heterocycles. The Morgan fingerprint density at radius 3 is 2.57 bits per heavy atom. The lowest BCUT2D eigenvalue weighted by molar-refractivity contribution is 0.419. The van der Waals surface area contributed by atoms with Crippen molar-refractivity contribution in [3.63, 3.8) is 0 Å². The summed E-state index contributed by atoms with van der Waals surface area (Å²) in [5, 5.41) is 7.78. The van der Waals surface area contributed by atoms with Gasteiger partial charge in [-0.05, 0) is 40.7 Å². The lowest BCUT2D eigenvalue weighted by Gasteiger charge is -2.20. The summed E-state index contributed by atoms with van der Waals surface area (Å²) in [6.45, 7) is 11.1. The van der Waals surface area contributed by atoms with Crippen LogP contribution in [0, 0.1) is 13.8 Å². The van der Waals surface area contributed by atoms with Crippen molar-refractivity contribution in [2.24, 2.45) is 7.05 Å². The minimum atomic E-state index is 0.0646. The van der Waals surface area contributed by atoms with E-state index in [1.54, 1.807) is 6.20 Å². The maximum absolute atomic E-state index is 5.98.